The van der Waals surface area contributed by atoms with Crippen LogP contribution in [0.4, 0.5) is 0 Å². The molecule has 0 aromatic heterocycles. The highest BCUT2D eigenvalue weighted by atomic mass is 32.2. The number of rotatable bonds is 7. The van der Waals surface area contributed by atoms with Crippen LogP contribution >= 0.6 is 11.8 Å². The van der Waals surface area contributed by atoms with Gasteiger partial charge in [0.2, 0.25) is 0 Å². The quantitative estimate of drug-likeness (QED) is 0.719. The Kier molecular flexibility index (Phi) is 6.23. The Morgan fingerprint density at radius 1 is 1.14 bits per heavy atom. The molecule has 7 nitrogen and oxygen atoms in total. The van der Waals surface area contributed by atoms with Gasteiger partial charge in [-0.1, -0.05) is 12.1 Å². The summed E-state index contributed by atoms with van der Waals surface area (Å²) in [6, 6.07) is 8.28. The van der Waals surface area contributed by atoms with Crippen molar-refractivity contribution in [2.24, 2.45) is 0 Å². The van der Waals surface area contributed by atoms with Crippen molar-refractivity contribution in [2.45, 2.75) is 4.90 Å². The molecule has 1 rings (SSSR count). The van der Waals surface area contributed by atoms with E-state index in [1.165, 1.54) is 6.07 Å². The topological polar surface area (TPSA) is 119 Å². The molecule has 0 fully saturated rings. The van der Waals surface area contributed by atoms with Crippen molar-refractivity contribution in [1.82, 2.24) is 4.90 Å². The summed E-state index contributed by atoms with van der Waals surface area (Å²) in [6.45, 7) is -1.41. The predicted molar refractivity (Wildman–Crippen MR) is 74.0 cm³/mol. The third kappa shape index (κ3) is 5.16. The van der Waals surface area contributed by atoms with Gasteiger partial charge in [-0.25, -0.2) is 0 Å². The van der Waals surface area contributed by atoms with E-state index in [4.69, 9.17) is 15.5 Å². The van der Waals surface area contributed by atoms with E-state index in [2.05, 4.69) is 0 Å². The highest BCUT2D eigenvalue weighted by Gasteiger charge is 2.23. The molecule has 1 amide bonds. The largest absolute Gasteiger partial charge is 0.480 e. The number of nitrogens with zero attached hydrogens (tertiary/aromatic N) is 2. The van der Waals surface area contributed by atoms with Gasteiger partial charge in [0, 0.05) is 4.90 Å². The van der Waals surface area contributed by atoms with Gasteiger partial charge in [-0.3, -0.25) is 14.4 Å². The van der Waals surface area contributed by atoms with Crippen LogP contribution in [-0.4, -0.2) is 51.8 Å². The molecule has 2 N–H and O–H groups in total. The lowest BCUT2D eigenvalue weighted by atomic mass is 10.2. The van der Waals surface area contributed by atoms with Gasteiger partial charge in [0.05, 0.1) is 17.4 Å². The lowest BCUT2D eigenvalue weighted by Crippen LogP contribution is -2.39. The van der Waals surface area contributed by atoms with Gasteiger partial charge in [0.1, 0.15) is 13.1 Å². The maximum absolute atomic E-state index is 12.3. The molecular weight excluding hydrogens is 296 g/mol. The molecule has 0 aliphatic carbocycles. The van der Waals surface area contributed by atoms with Gasteiger partial charge >= 0.3 is 11.9 Å². The molecule has 0 bridgehead atoms. The number of carbonyl (C=O) groups is 3. The Bertz CT molecular complexity index is 580. The van der Waals surface area contributed by atoms with Crippen LogP contribution in [0.3, 0.4) is 0 Å². The third-order valence-electron chi connectivity index (χ3n) is 2.35. The van der Waals surface area contributed by atoms with Crippen molar-refractivity contribution in [2.75, 3.05) is 18.8 Å². The molecule has 110 valence electrons. The van der Waals surface area contributed by atoms with E-state index < -0.39 is 30.9 Å². The van der Waals surface area contributed by atoms with Crippen LogP contribution in [0.25, 0.3) is 0 Å². The Balaban J connectivity index is 3.05. The number of hydrogen-bond donors (Lipinski definition) is 2. The van der Waals surface area contributed by atoms with E-state index in [9.17, 15) is 14.4 Å². The van der Waals surface area contributed by atoms with Crippen molar-refractivity contribution in [3.8, 4) is 6.07 Å². The van der Waals surface area contributed by atoms with Crippen molar-refractivity contribution in [1.29, 1.82) is 5.26 Å². The van der Waals surface area contributed by atoms with Gasteiger partial charge in [0.15, 0.2) is 0 Å². The first kappa shape index (κ1) is 16.5. The van der Waals surface area contributed by atoms with E-state index in [0.717, 1.165) is 16.7 Å². The van der Waals surface area contributed by atoms with Crippen LogP contribution in [0.15, 0.2) is 29.2 Å². The van der Waals surface area contributed by atoms with Gasteiger partial charge in [-0.15, -0.1) is 11.8 Å². The zero-order valence-corrected chi connectivity index (χ0v) is 11.7. The molecule has 0 saturated carbocycles. The lowest BCUT2D eigenvalue weighted by molar-refractivity contribution is -0.140. The van der Waals surface area contributed by atoms with Crippen LogP contribution in [0.1, 0.15) is 10.4 Å². The second-order valence-corrected chi connectivity index (χ2v) is 4.91. The van der Waals surface area contributed by atoms with Crippen LogP contribution in [0.5, 0.6) is 0 Å². The predicted octanol–water partition coefficient (Wildman–Crippen LogP) is 0.914. The fourth-order valence-corrected chi connectivity index (χ4v) is 2.28. The Hall–Kier alpha value is -2.53. The summed E-state index contributed by atoms with van der Waals surface area (Å²) >= 11 is 1.13. The molecule has 0 heterocycles. The summed E-state index contributed by atoms with van der Waals surface area (Å²) in [5, 5.41) is 26.1. The zero-order valence-electron chi connectivity index (χ0n) is 10.9. The fraction of sp³-hybridized carbons (Fsp3) is 0.231. The molecule has 0 atom stereocenters. The van der Waals surface area contributed by atoms with Gasteiger partial charge in [-0.2, -0.15) is 5.26 Å². The number of carboxylic acid groups (broad SMARTS) is 2. The Morgan fingerprint density at radius 2 is 1.71 bits per heavy atom. The minimum absolute atomic E-state index is 0.127. The Labute approximate surface area is 124 Å². The molecule has 0 spiro atoms. The summed E-state index contributed by atoms with van der Waals surface area (Å²) in [6.07, 6.45) is 0. The summed E-state index contributed by atoms with van der Waals surface area (Å²) in [7, 11) is 0. The molecular formula is C13H12N2O5S. The average molecular weight is 308 g/mol. The van der Waals surface area contributed by atoms with Crippen molar-refractivity contribution in [3.05, 3.63) is 29.8 Å². The normalized spacial score (nSPS) is 9.67. The van der Waals surface area contributed by atoms with E-state index in [-0.39, 0.29) is 11.3 Å². The fourth-order valence-electron chi connectivity index (χ4n) is 1.58. The average Bonchev–Trinajstić information content (AvgIpc) is 2.43. The first-order chi connectivity index (χ1) is 9.95. The van der Waals surface area contributed by atoms with E-state index >= 15 is 0 Å². The number of benzene rings is 1. The van der Waals surface area contributed by atoms with Crippen molar-refractivity contribution in [3.63, 3.8) is 0 Å². The number of amides is 1. The highest BCUT2D eigenvalue weighted by Crippen LogP contribution is 2.23. The number of thioether (sulfide) groups is 1. The molecule has 0 radical (unpaired) electrons. The molecule has 21 heavy (non-hydrogen) atoms. The molecule has 0 aliphatic rings. The lowest BCUT2D eigenvalue weighted by Gasteiger charge is -2.19. The Morgan fingerprint density at radius 3 is 2.24 bits per heavy atom. The molecule has 1 aromatic carbocycles. The number of nitriles is 1. The van der Waals surface area contributed by atoms with Crippen LogP contribution in [0.2, 0.25) is 0 Å². The molecule has 0 saturated heterocycles. The summed E-state index contributed by atoms with van der Waals surface area (Å²) in [5.41, 5.74) is 0.181. The standard InChI is InChI=1S/C13H12N2O5S/c14-5-6-21-10-4-2-1-3-9(10)13(20)15(7-11(16)17)8-12(18)19/h1-4H,6-8H2,(H,16,17)(H,18,19). The van der Waals surface area contributed by atoms with E-state index in [1.807, 2.05) is 6.07 Å². The zero-order chi connectivity index (χ0) is 15.8. The number of hydrogen-bond acceptors (Lipinski definition) is 5. The third-order valence-corrected chi connectivity index (χ3v) is 3.29. The van der Waals surface area contributed by atoms with E-state index in [1.54, 1.807) is 18.2 Å². The molecule has 0 unspecified atom stereocenters. The van der Waals surface area contributed by atoms with Crippen LogP contribution in [0, 0.1) is 11.3 Å². The summed E-state index contributed by atoms with van der Waals surface area (Å²) in [5.74, 6) is -3.17. The van der Waals surface area contributed by atoms with Gasteiger partial charge < -0.3 is 15.1 Å². The van der Waals surface area contributed by atoms with Gasteiger partial charge in [0.25, 0.3) is 5.91 Å². The summed E-state index contributed by atoms with van der Waals surface area (Å²) < 4.78 is 0. The monoisotopic (exact) mass is 308 g/mol. The summed E-state index contributed by atoms with van der Waals surface area (Å²) in [4.78, 5) is 35.0. The molecule has 8 heteroatoms. The number of carbonyl (C=O) groups excluding carboxylic acids is 1. The first-order valence-corrected chi connectivity index (χ1v) is 6.76. The highest BCUT2D eigenvalue weighted by molar-refractivity contribution is 7.99. The van der Waals surface area contributed by atoms with Crippen molar-refractivity contribution < 1.29 is 24.6 Å². The number of carboxylic acids is 2. The maximum atomic E-state index is 12.3. The first-order valence-electron chi connectivity index (χ1n) is 5.77. The minimum atomic E-state index is -1.30. The number of aliphatic carboxylic acids is 2. The van der Waals surface area contributed by atoms with Crippen molar-refractivity contribution >= 4 is 29.6 Å². The molecule has 0 aliphatic heterocycles. The molecule has 1 aromatic rings. The minimum Gasteiger partial charge on any atom is -0.480 e. The van der Waals surface area contributed by atoms with Crippen LogP contribution < -0.4 is 0 Å². The smallest absolute Gasteiger partial charge is 0.323 e. The van der Waals surface area contributed by atoms with Gasteiger partial charge in [-0.05, 0) is 12.1 Å². The van der Waals surface area contributed by atoms with Crippen LogP contribution in [-0.2, 0) is 9.59 Å². The second kappa shape index (κ2) is 7.91. The maximum Gasteiger partial charge on any atom is 0.323 e. The SMILES string of the molecule is N#CCSc1ccccc1C(=O)N(CC(=O)O)CC(=O)O. The van der Waals surface area contributed by atoms with E-state index in [0.29, 0.717) is 4.90 Å². The second-order valence-electron chi connectivity index (χ2n) is 3.89.